The van der Waals surface area contributed by atoms with Crippen LogP contribution in [0, 0.1) is 17.2 Å². The van der Waals surface area contributed by atoms with Crippen LogP contribution in [0.2, 0.25) is 0 Å². The summed E-state index contributed by atoms with van der Waals surface area (Å²) in [5.41, 5.74) is 3.38. The van der Waals surface area contributed by atoms with Crippen LogP contribution >= 0.6 is 0 Å². The summed E-state index contributed by atoms with van der Waals surface area (Å²) in [6, 6.07) is 17.9. The molecule has 0 saturated carbocycles. The number of hydrogen-bond donors (Lipinski definition) is 0. The van der Waals surface area contributed by atoms with E-state index in [0.717, 1.165) is 5.56 Å². The van der Waals surface area contributed by atoms with Gasteiger partial charge in [-0.1, -0.05) is 61.5 Å². The fourth-order valence-corrected chi connectivity index (χ4v) is 3.86. The molecule has 33 heavy (non-hydrogen) atoms. The van der Waals surface area contributed by atoms with E-state index >= 15 is 0 Å². The Morgan fingerprint density at radius 3 is 2.45 bits per heavy atom. The predicted molar refractivity (Wildman–Crippen MR) is 124 cm³/mol. The quantitative estimate of drug-likeness (QED) is 0.404. The Morgan fingerprint density at radius 2 is 1.79 bits per heavy atom. The summed E-state index contributed by atoms with van der Waals surface area (Å²) in [6.07, 6.45) is 0.673. The van der Waals surface area contributed by atoms with Gasteiger partial charge in [0.15, 0.2) is 22.7 Å². The molecule has 168 valence electrons. The molecule has 2 aromatic heterocycles. The molecule has 0 unspecified atom stereocenters. The normalized spacial score (nSPS) is 12.0. The predicted octanol–water partition coefficient (Wildman–Crippen LogP) is 4.14. The topological polar surface area (TPSA) is 98.7 Å². The van der Waals surface area contributed by atoms with Crippen LogP contribution in [0.5, 0.6) is 11.5 Å². The molecular formula is C25H26N6O2. The van der Waals surface area contributed by atoms with E-state index in [4.69, 9.17) is 19.4 Å². The van der Waals surface area contributed by atoms with Crippen LogP contribution in [0.4, 0.5) is 0 Å². The van der Waals surface area contributed by atoms with Gasteiger partial charge in [-0.05, 0) is 17.5 Å². The van der Waals surface area contributed by atoms with Crippen LogP contribution in [0.3, 0.4) is 0 Å². The minimum absolute atomic E-state index is 0.348. The van der Waals surface area contributed by atoms with Gasteiger partial charge in [-0.3, -0.25) is 0 Å². The van der Waals surface area contributed by atoms with Gasteiger partial charge in [0.25, 0.3) is 0 Å². The highest BCUT2D eigenvalue weighted by Crippen LogP contribution is 2.39. The van der Waals surface area contributed by atoms with Crippen LogP contribution in [-0.2, 0) is 13.0 Å². The van der Waals surface area contributed by atoms with Gasteiger partial charge in [0, 0.05) is 12.0 Å². The lowest BCUT2D eigenvalue weighted by Gasteiger charge is -2.17. The second kappa shape index (κ2) is 9.65. The summed E-state index contributed by atoms with van der Waals surface area (Å²) in [7, 11) is 3.13. The average Bonchev–Trinajstić information content (AvgIpc) is 3.22. The van der Waals surface area contributed by atoms with E-state index in [1.807, 2.05) is 42.5 Å². The molecule has 4 rings (SSSR count). The molecule has 0 spiro atoms. The lowest BCUT2D eigenvalue weighted by Crippen LogP contribution is -2.11. The Kier molecular flexibility index (Phi) is 6.50. The molecule has 8 heteroatoms. The number of nitriles is 1. The molecule has 1 atom stereocenters. The number of rotatable bonds is 8. The molecule has 0 aliphatic carbocycles. The number of benzene rings is 2. The van der Waals surface area contributed by atoms with Gasteiger partial charge in [-0.2, -0.15) is 5.26 Å². The minimum Gasteiger partial charge on any atom is -0.493 e. The van der Waals surface area contributed by atoms with E-state index in [9.17, 15) is 5.26 Å². The molecule has 0 radical (unpaired) electrons. The van der Waals surface area contributed by atoms with Gasteiger partial charge >= 0.3 is 0 Å². The van der Waals surface area contributed by atoms with Crippen molar-refractivity contribution in [3.63, 3.8) is 0 Å². The molecule has 0 fully saturated rings. The Hall–Kier alpha value is -3.99. The second-order valence-electron chi connectivity index (χ2n) is 8.17. The van der Waals surface area contributed by atoms with Crippen molar-refractivity contribution in [3.8, 4) is 17.6 Å². The SMILES string of the molecule is COc1cccc([C@@H](C#N)c2nc(CC(C)C)nc3c2nnn3Cc2ccccc2)c1OC. The second-order valence-corrected chi connectivity index (χ2v) is 8.17. The lowest BCUT2D eigenvalue weighted by atomic mass is 9.94. The lowest BCUT2D eigenvalue weighted by molar-refractivity contribution is 0.351. The van der Waals surface area contributed by atoms with Crippen LogP contribution in [0.25, 0.3) is 11.2 Å². The standard InChI is InChI=1S/C25H26N6O2/c1-16(2)13-21-27-22(19(14-26)18-11-8-12-20(32-3)24(18)33-4)23-25(28-21)31(30-29-23)15-17-9-6-5-7-10-17/h5-12,16,19H,13,15H2,1-4H3/t19-/m1/s1. The first-order chi connectivity index (χ1) is 16.0. The zero-order valence-corrected chi connectivity index (χ0v) is 19.2. The maximum absolute atomic E-state index is 10.2. The number of hydrogen-bond acceptors (Lipinski definition) is 7. The first-order valence-corrected chi connectivity index (χ1v) is 10.8. The van der Waals surface area contributed by atoms with Crippen molar-refractivity contribution in [1.29, 1.82) is 5.26 Å². The Bertz CT molecular complexity index is 1290. The fraction of sp³-hybridized carbons (Fsp3) is 0.320. The first-order valence-electron chi connectivity index (χ1n) is 10.8. The third kappa shape index (κ3) is 4.48. The molecule has 8 nitrogen and oxygen atoms in total. The van der Waals surface area contributed by atoms with Gasteiger partial charge in [0.1, 0.15) is 11.7 Å². The largest absolute Gasteiger partial charge is 0.493 e. The van der Waals surface area contributed by atoms with Gasteiger partial charge in [0.2, 0.25) is 0 Å². The van der Waals surface area contributed by atoms with Gasteiger partial charge < -0.3 is 9.47 Å². The average molecular weight is 443 g/mol. The monoisotopic (exact) mass is 442 g/mol. The van der Waals surface area contributed by atoms with E-state index in [-0.39, 0.29) is 0 Å². The zero-order chi connectivity index (χ0) is 23.4. The fourth-order valence-electron chi connectivity index (χ4n) is 3.86. The Labute approximate surface area is 192 Å². The van der Waals surface area contributed by atoms with Crippen LogP contribution < -0.4 is 9.47 Å². The van der Waals surface area contributed by atoms with Crippen molar-refractivity contribution in [2.75, 3.05) is 14.2 Å². The number of methoxy groups -OCH3 is 2. The number of nitrogens with zero attached hydrogens (tertiary/aromatic N) is 6. The van der Waals surface area contributed by atoms with E-state index in [2.05, 4.69) is 30.2 Å². The van der Waals surface area contributed by atoms with Crippen LogP contribution in [-0.4, -0.2) is 39.2 Å². The molecule has 0 amide bonds. The summed E-state index contributed by atoms with van der Waals surface area (Å²) in [5, 5.41) is 19.0. The maximum atomic E-state index is 10.2. The van der Waals surface area contributed by atoms with E-state index in [1.165, 1.54) is 0 Å². The first kappa shape index (κ1) is 22.2. The smallest absolute Gasteiger partial charge is 0.182 e. The molecule has 0 bridgehead atoms. The van der Waals surface area contributed by atoms with Crippen molar-refractivity contribution >= 4 is 11.2 Å². The third-order valence-electron chi connectivity index (χ3n) is 5.35. The number of para-hydroxylation sites is 1. The van der Waals surface area contributed by atoms with E-state index < -0.39 is 5.92 Å². The molecule has 0 N–H and O–H groups in total. The minimum atomic E-state index is -0.728. The van der Waals surface area contributed by atoms with Crippen molar-refractivity contribution in [1.82, 2.24) is 25.0 Å². The number of aromatic nitrogens is 5. The molecule has 2 aromatic carbocycles. The summed E-state index contributed by atoms with van der Waals surface area (Å²) >= 11 is 0. The van der Waals surface area contributed by atoms with Gasteiger partial charge in [-0.15, -0.1) is 5.10 Å². The molecule has 4 aromatic rings. The summed E-state index contributed by atoms with van der Waals surface area (Å²) in [5.74, 6) is 1.33. The molecule has 0 aliphatic heterocycles. The van der Waals surface area contributed by atoms with Gasteiger partial charge in [-0.25, -0.2) is 14.6 Å². The molecule has 2 heterocycles. The van der Waals surface area contributed by atoms with Gasteiger partial charge in [0.05, 0.1) is 32.5 Å². The van der Waals surface area contributed by atoms with Crippen LogP contribution in [0.15, 0.2) is 48.5 Å². The summed E-state index contributed by atoms with van der Waals surface area (Å²) in [4.78, 5) is 9.57. The van der Waals surface area contributed by atoms with E-state index in [0.29, 0.717) is 58.6 Å². The van der Waals surface area contributed by atoms with E-state index in [1.54, 1.807) is 25.0 Å². The van der Waals surface area contributed by atoms with Crippen molar-refractivity contribution in [2.45, 2.75) is 32.7 Å². The Morgan fingerprint density at radius 1 is 1.00 bits per heavy atom. The highest BCUT2D eigenvalue weighted by atomic mass is 16.5. The molecular weight excluding hydrogens is 416 g/mol. The van der Waals surface area contributed by atoms with Crippen molar-refractivity contribution < 1.29 is 9.47 Å². The van der Waals surface area contributed by atoms with Crippen LogP contribution in [0.1, 0.15) is 42.4 Å². The summed E-state index contributed by atoms with van der Waals surface area (Å²) in [6.45, 7) is 4.74. The molecule has 0 saturated heterocycles. The maximum Gasteiger partial charge on any atom is 0.182 e. The number of ether oxygens (including phenoxy) is 2. The Balaban J connectivity index is 1.90. The molecule has 0 aliphatic rings. The zero-order valence-electron chi connectivity index (χ0n) is 19.2. The summed E-state index contributed by atoms with van der Waals surface area (Å²) < 4.78 is 12.8. The van der Waals surface area contributed by atoms with Crippen molar-refractivity contribution in [2.24, 2.45) is 5.92 Å². The highest BCUT2D eigenvalue weighted by Gasteiger charge is 2.27. The number of fused-ring (bicyclic) bond motifs is 1. The highest BCUT2D eigenvalue weighted by molar-refractivity contribution is 5.75. The third-order valence-corrected chi connectivity index (χ3v) is 5.35. The van der Waals surface area contributed by atoms with Crippen molar-refractivity contribution in [3.05, 3.63) is 71.2 Å².